The molecule has 3 atom stereocenters. The van der Waals surface area contributed by atoms with Crippen LogP contribution in [0, 0.1) is 22.0 Å². The summed E-state index contributed by atoms with van der Waals surface area (Å²) in [7, 11) is 0. The molecular weight excluding hydrogens is 286 g/mol. The van der Waals surface area contributed by atoms with Gasteiger partial charge in [-0.1, -0.05) is 26.7 Å². The fourth-order valence-corrected chi connectivity index (χ4v) is 2.94. The molecule has 1 aromatic rings. The third-order valence-corrected chi connectivity index (χ3v) is 4.55. The van der Waals surface area contributed by atoms with Crippen LogP contribution in [-0.4, -0.2) is 21.4 Å². The van der Waals surface area contributed by atoms with Gasteiger partial charge in [0.25, 0.3) is 11.2 Å². The molecule has 1 saturated carbocycles. The zero-order valence-corrected chi connectivity index (χ0v) is 12.8. The average Bonchev–Trinajstić information content (AvgIpc) is 2.46. The van der Waals surface area contributed by atoms with Gasteiger partial charge in [0.05, 0.1) is 11.1 Å². The fourth-order valence-electron chi connectivity index (χ4n) is 2.94. The van der Waals surface area contributed by atoms with Gasteiger partial charge in [-0.25, -0.2) is 0 Å². The van der Waals surface area contributed by atoms with Crippen LogP contribution in [0.25, 0.3) is 0 Å². The lowest BCUT2D eigenvalue weighted by Crippen LogP contribution is -2.45. The summed E-state index contributed by atoms with van der Waals surface area (Å²) in [6, 6.07) is 2.35. The first-order valence-electron chi connectivity index (χ1n) is 7.52. The number of hydrogen-bond acceptors (Lipinski definition) is 4. The fraction of sp³-hybridized carbons (Fsp3) is 0.600. The third kappa shape index (κ3) is 3.72. The van der Waals surface area contributed by atoms with E-state index in [9.17, 15) is 19.7 Å². The van der Waals surface area contributed by atoms with Gasteiger partial charge in [0, 0.05) is 18.2 Å². The molecule has 0 bridgehead atoms. The number of amides is 1. The average molecular weight is 307 g/mol. The van der Waals surface area contributed by atoms with E-state index in [4.69, 9.17) is 0 Å². The summed E-state index contributed by atoms with van der Waals surface area (Å²) in [6.07, 6.45) is 4.28. The number of aromatic nitrogens is 1. The molecule has 1 aromatic heterocycles. The highest BCUT2D eigenvalue weighted by molar-refractivity contribution is 5.76. The van der Waals surface area contributed by atoms with Crippen molar-refractivity contribution in [3.63, 3.8) is 0 Å². The zero-order chi connectivity index (χ0) is 16.3. The van der Waals surface area contributed by atoms with Crippen molar-refractivity contribution in [3.8, 4) is 0 Å². The number of nitrogens with zero attached hydrogens (tertiary/aromatic N) is 2. The molecule has 1 aliphatic carbocycles. The maximum Gasteiger partial charge on any atom is 0.285 e. The molecule has 7 heteroatoms. The van der Waals surface area contributed by atoms with Gasteiger partial charge >= 0.3 is 0 Å². The molecule has 1 heterocycles. The highest BCUT2D eigenvalue weighted by Crippen LogP contribution is 2.29. The molecule has 1 fully saturated rings. The summed E-state index contributed by atoms with van der Waals surface area (Å²) in [5.74, 6) is 0.660. The summed E-state index contributed by atoms with van der Waals surface area (Å²) in [5.41, 5.74) is -0.627. The number of nitro groups is 1. The Morgan fingerprint density at radius 3 is 2.82 bits per heavy atom. The maximum absolute atomic E-state index is 12.1. The van der Waals surface area contributed by atoms with Crippen molar-refractivity contribution in [1.82, 2.24) is 9.88 Å². The second kappa shape index (κ2) is 6.72. The predicted molar refractivity (Wildman–Crippen MR) is 81.5 cm³/mol. The van der Waals surface area contributed by atoms with E-state index < -0.39 is 10.5 Å². The highest BCUT2D eigenvalue weighted by Gasteiger charge is 2.28. The first-order chi connectivity index (χ1) is 10.4. The summed E-state index contributed by atoms with van der Waals surface area (Å²) < 4.78 is 1.07. The Balaban J connectivity index is 2.04. The number of carbonyl (C=O) groups is 1. The van der Waals surface area contributed by atoms with Crippen molar-refractivity contribution >= 4 is 11.6 Å². The van der Waals surface area contributed by atoms with Crippen molar-refractivity contribution in [2.45, 2.75) is 45.7 Å². The normalized spacial score (nSPS) is 24.7. The van der Waals surface area contributed by atoms with Crippen LogP contribution >= 0.6 is 0 Å². The molecule has 0 spiro atoms. The molecule has 0 unspecified atom stereocenters. The number of pyridine rings is 1. The van der Waals surface area contributed by atoms with Gasteiger partial charge < -0.3 is 5.32 Å². The summed E-state index contributed by atoms with van der Waals surface area (Å²) in [6.45, 7) is 4.10. The molecule has 0 saturated heterocycles. The van der Waals surface area contributed by atoms with Crippen LogP contribution in [-0.2, 0) is 11.3 Å². The first kappa shape index (κ1) is 16.2. The molecule has 22 heavy (non-hydrogen) atoms. The van der Waals surface area contributed by atoms with E-state index in [0.717, 1.165) is 42.2 Å². The molecule has 0 aromatic carbocycles. The van der Waals surface area contributed by atoms with E-state index in [1.807, 2.05) is 0 Å². The second-order valence-electron chi connectivity index (χ2n) is 6.05. The van der Waals surface area contributed by atoms with Crippen LogP contribution in [0.3, 0.4) is 0 Å². The lowest BCUT2D eigenvalue weighted by Gasteiger charge is -2.34. The Morgan fingerprint density at radius 2 is 2.14 bits per heavy atom. The predicted octanol–water partition coefficient (Wildman–Crippen LogP) is 1.70. The first-order valence-corrected chi connectivity index (χ1v) is 7.52. The van der Waals surface area contributed by atoms with E-state index >= 15 is 0 Å². The molecule has 1 amide bonds. The van der Waals surface area contributed by atoms with E-state index in [1.165, 1.54) is 0 Å². The van der Waals surface area contributed by atoms with Gasteiger partial charge in [-0.2, -0.15) is 0 Å². The van der Waals surface area contributed by atoms with Gasteiger partial charge in [-0.3, -0.25) is 24.3 Å². The molecule has 0 radical (unpaired) electrons. The maximum atomic E-state index is 12.1. The molecule has 1 aliphatic rings. The Bertz CT molecular complexity index is 625. The minimum Gasteiger partial charge on any atom is -0.352 e. The molecule has 2 rings (SSSR count). The van der Waals surface area contributed by atoms with Crippen LogP contribution in [0.4, 0.5) is 5.69 Å². The SMILES string of the molecule is C[C@@H]1[C@H](C)CCC[C@H]1NC(=O)Cn1cc([N+](=O)[O-])ccc1=O. The molecule has 120 valence electrons. The van der Waals surface area contributed by atoms with Crippen molar-refractivity contribution in [2.24, 2.45) is 11.8 Å². The van der Waals surface area contributed by atoms with Gasteiger partial charge in [0.15, 0.2) is 0 Å². The number of hydrogen-bond donors (Lipinski definition) is 1. The van der Waals surface area contributed by atoms with Crippen LogP contribution < -0.4 is 10.9 Å². The molecule has 0 aliphatic heterocycles. The Labute approximate surface area is 128 Å². The standard InChI is InChI=1S/C15H21N3O4/c1-10-4-3-5-13(11(10)2)16-14(19)9-17-8-12(18(21)22)6-7-15(17)20/h6-8,10-11,13H,3-5,9H2,1-2H3,(H,16,19)/t10-,11-,13-/m1/s1. The minimum absolute atomic E-state index is 0.102. The van der Waals surface area contributed by atoms with Gasteiger partial charge in [-0.05, 0) is 18.3 Å². The van der Waals surface area contributed by atoms with E-state index in [2.05, 4.69) is 19.2 Å². The number of nitrogens with one attached hydrogen (secondary N) is 1. The van der Waals surface area contributed by atoms with E-state index in [0.29, 0.717) is 11.8 Å². The zero-order valence-electron chi connectivity index (χ0n) is 12.8. The lowest BCUT2D eigenvalue weighted by atomic mass is 9.78. The lowest BCUT2D eigenvalue weighted by molar-refractivity contribution is -0.385. The number of carbonyl (C=O) groups excluding carboxylic acids is 1. The summed E-state index contributed by atoms with van der Waals surface area (Å²) in [5, 5.41) is 13.7. The van der Waals surface area contributed by atoms with Crippen LogP contribution in [0.5, 0.6) is 0 Å². The van der Waals surface area contributed by atoms with Gasteiger partial charge in [-0.15, -0.1) is 0 Å². The second-order valence-corrected chi connectivity index (χ2v) is 6.05. The highest BCUT2D eigenvalue weighted by atomic mass is 16.6. The quantitative estimate of drug-likeness (QED) is 0.676. The van der Waals surface area contributed by atoms with Gasteiger partial charge in [0.2, 0.25) is 5.91 Å². The van der Waals surface area contributed by atoms with Crippen molar-refractivity contribution in [1.29, 1.82) is 0 Å². The van der Waals surface area contributed by atoms with Crippen LogP contribution in [0.15, 0.2) is 23.1 Å². The molecule has 7 nitrogen and oxygen atoms in total. The van der Waals surface area contributed by atoms with Crippen LogP contribution in [0.2, 0.25) is 0 Å². The Morgan fingerprint density at radius 1 is 1.41 bits per heavy atom. The van der Waals surface area contributed by atoms with Crippen molar-refractivity contribution in [2.75, 3.05) is 0 Å². The van der Waals surface area contributed by atoms with Crippen molar-refractivity contribution < 1.29 is 9.72 Å². The minimum atomic E-state index is -0.585. The Kier molecular flexibility index (Phi) is 4.95. The van der Waals surface area contributed by atoms with E-state index in [-0.39, 0.29) is 24.2 Å². The molecule has 1 N–H and O–H groups in total. The largest absolute Gasteiger partial charge is 0.352 e. The third-order valence-electron chi connectivity index (χ3n) is 4.55. The summed E-state index contributed by atoms with van der Waals surface area (Å²) >= 11 is 0. The summed E-state index contributed by atoms with van der Waals surface area (Å²) in [4.78, 5) is 34.0. The Hall–Kier alpha value is -2.18. The molecular formula is C15H21N3O4. The smallest absolute Gasteiger partial charge is 0.285 e. The van der Waals surface area contributed by atoms with E-state index in [1.54, 1.807) is 0 Å². The van der Waals surface area contributed by atoms with Crippen molar-refractivity contribution in [3.05, 3.63) is 38.8 Å². The van der Waals surface area contributed by atoms with Crippen LogP contribution in [0.1, 0.15) is 33.1 Å². The topological polar surface area (TPSA) is 94.2 Å². The van der Waals surface area contributed by atoms with Gasteiger partial charge in [0.1, 0.15) is 6.54 Å². The monoisotopic (exact) mass is 307 g/mol. The number of rotatable bonds is 4.